The van der Waals surface area contributed by atoms with Gasteiger partial charge in [-0.2, -0.15) is 11.8 Å². The first-order valence-electron chi connectivity index (χ1n) is 22.5. The van der Waals surface area contributed by atoms with Gasteiger partial charge < -0.3 is 53.4 Å². The summed E-state index contributed by atoms with van der Waals surface area (Å²) in [7, 11) is 4.93. The molecule has 1 aliphatic carbocycles. The van der Waals surface area contributed by atoms with Crippen LogP contribution in [0.1, 0.15) is 75.4 Å². The van der Waals surface area contributed by atoms with Crippen LogP contribution in [0.2, 0.25) is 0 Å². The van der Waals surface area contributed by atoms with E-state index in [1.54, 1.807) is 32.9 Å². The number of carbonyl (C=O) groups is 4. The number of methoxy groups -OCH3 is 2. The molecule has 0 radical (unpaired) electrons. The Morgan fingerprint density at radius 2 is 1.80 bits per heavy atom. The number of benzene rings is 2. The lowest BCUT2D eigenvalue weighted by Gasteiger charge is -2.66. The number of hydrogen-bond acceptors (Lipinski definition) is 18. The Morgan fingerprint density at radius 3 is 2.50 bits per heavy atom. The molecule has 12 atom stereocenters. The summed E-state index contributed by atoms with van der Waals surface area (Å²) in [5.41, 5.74) is 2.15. The molecule has 0 saturated carbocycles. The molecule has 18 nitrogen and oxygen atoms in total. The summed E-state index contributed by atoms with van der Waals surface area (Å²) < 4.78 is 48.1. The molecule has 7 aliphatic heterocycles. The normalized spacial score (nSPS) is 32.9. The molecule has 2 aromatic carbocycles. The van der Waals surface area contributed by atoms with Crippen LogP contribution in [-0.4, -0.2) is 144 Å². The molecule has 2 aromatic rings. The first kappa shape index (κ1) is 46.3. The van der Waals surface area contributed by atoms with Crippen LogP contribution in [0.25, 0.3) is 0 Å². The van der Waals surface area contributed by atoms with Gasteiger partial charge in [0.15, 0.2) is 35.3 Å². The maximum absolute atomic E-state index is 15.1. The minimum Gasteiger partial charge on any atom is -0.504 e. The van der Waals surface area contributed by atoms with E-state index in [1.807, 2.05) is 27.0 Å². The lowest BCUT2D eigenvalue weighted by atomic mass is 9.62. The lowest BCUT2D eigenvalue weighted by Crippen LogP contribution is -2.78. The van der Waals surface area contributed by atoms with Crippen molar-refractivity contribution in [2.45, 2.75) is 126 Å². The van der Waals surface area contributed by atoms with Crippen LogP contribution in [0.3, 0.4) is 0 Å². The number of ether oxygens (including phenoxy) is 8. The Kier molecular flexibility index (Phi) is 12.0. The summed E-state index contributed by atoms with van der Waals surface area (Å²) in [4.78, 5) is 58.3. The van der Waals surface area contributed by atoms with E-state index in [-0.39, 0.29) is 36.4 Å². The number of aryl methyl sites for hydroxylation is 1. The number of nitrogens with one attached hydrogen (secondary N) is 2. The maximum Gasteiger partial charge on any atom is 0.408 e. The number of phenols is 1. The molecular formula is C47H60N4O14S. The van der Waals surface area contributed by atoms with Crippen LogP contribution in [-0.2, 0) is 56.4 Å². The van der Waals surface area contributed by atoms with Crippen LogP contribution in [0.15, 0.2) is 29.5 Å². The van der Waals surface area contributed by atoms with Crippen molar-refractivity contribution in [3.63, 3.8) is 0 Å². The number of aromatic hydroxyl groups is 1. The largest absolute Gasteiger partial charge is 0.504 e. The smallest absolute Gasteiger partial charge is 0.408 e. The standard InChI is InChI=1S/C47H60N4O14S/c1-20-13-25-14-27-42(54)51-28-17-60-44(56)47(26-16-29(58-9)30(15-24(26)11-12-48-47)64-43(55)22(3)49-45(57)65-46(5,6)7)18-66-41(35(51)34(50(27)8)31(25)36(53)37(20)59-10)33-32(28)40-39(61-19-62-40)21(2)38(33)63-23(4)52/h13,15-16,22,27-28,32-35,38,40-42,48,53-54H,11-12,14,17-19H2,1-10H3,(H,49,57)/t22-,27-,28?,32?,33?,34+,35?,38?,40?,41+,42-,47+/m0/s1. The van der Waals surface area contributed by atoms with Crippen molar-refractivity contribution < 1.29 is 67.3 Å². The first-order valence-corrected chi connectivity index (χ1v) is 23.5. The van der Waals surface area contributed by atoms with Crippen LogP contribution in [0.4, 0.5) is 4.79 Å². The third-order valence-electron chi connectivity index (χ3n) is 14.5. The number of likely N-dealkylation sites (N-methyl/N-ethyl adjacent to an activating group) is 1. The summed E-state index contributed by atoms with van der Waals surface area (Å²) in [6, 6.07) is 2.21. The van der Waals surface area contributed by atoms with E-state index in [0.29, 0.717) is 47.6 Å². The number of thioether (sulfide) groups is 1. The third kappa shape index (κ3) is 7.44. The molecular weight excluding hydrogens is 877 g/mol. The van der Waals surface area contributed by atoms with E-state index in [0.717, 1.165) is 16.7 Å². The van der Waals surface area contributed by atoms with Gasteiger partial charge in [0.05, 0.1) is 32.3 Å². The van der Waals surface area contributed by atoms with Gasteiger partial charge in [-0.25, -0.2) is 14.4 Å². The number of piperidine rings is 1. The molecule has 1 amide bonds. The molecule has 8 aliphatic rings. The van der Waals surface area contributed by atoms with E-state index in [9.17, 15) is 24.6 Å². The highest BCUT2D eigenvalue weighted by molar-refractivity contribution is 8.00. The van der Waals surface area contributed by atoms with Crippen molar-refractivity contribution in [2.75, 3.05) is 47.0 Å². The van der Waals surface area contributed by atoms with Crippen molar-refractivity contribution in [1.29, 1.82) is 0 Å². The highest BCUT2D eigenvalue weighted by Gasteiger charge is 2.67. The van der Waals surface area contributed by atoms with Gasteiger partial charge in [0.2, 0.25) is 0 Å². The van der Waals surface area contributed by atoms with Crippen molar-refractivity contribution >= 4 is 35.8 Å². The van der Waals surface area contributed by atoms with Crippen molar-refractivity contribution in [3.05, 3.63) is 57.3 Å². The summed E-state index contributed by atoms with van der Waals surface area (Å²) >= 11 is 1.51. The zero-order valence-corrected chi connectivity index (χ0v) is 39.7. The SMILES string of the molecule is COc1cc2c(cc1OC(=O)[C@H](C)NC(=O)OC(C)(C)C)CCN[C@]21CS[C@@H]2C3C(OC(C)=O)C(C)=C4OCOC4C3C(COC1=O)N1C2[C@H]2c3c(cc(C)c(OC)c3O)C[C@@H]([C@@H]1O)N2C. The van der Waals surface area contributed by atoms with Gasteiger partial charge in [0.25, 0.3) is 0 Å². The average molecular weight is 937 g/mol. The highest BCUT2D eigenvalue weighted by atomic mass is 32.2. The number of amides is 1. The Labute approximate surface area is 387 Å². The fraction of sp³-hybridized carbons (Fsp3) is 0.617. The van der Waals surface area contributed by atoms with Gasteiger partial charge in [-0.1, -0.05) is 6.07 Å². The number of aliphatic hydroxyl groups is 1. The molecule has 358 valence electrons. The van der Waals surface area contributed by atoms with Crippen molar-refractivity contribution in [1.82, 2.24) is 20.4 Å². The van der Waals surface area contributed by atoms with Crippen molar-refractivity contribution in [2.24, 2.45) is 11.8 Å². The fourth-order valence-electron chi connectivity index (χ4n) is 11.8. The van der Waals surface area contributed by atoms with E-state index in [2.05, 4.69) is 20.4 Å². The maximum atomic E-state index is 15.1. The minimum atomic E-state index is -1.46. The van der Waals surface area contributed by atoms with Crippen LogP contribution in [0, 0.1) is 18.8 Å². The number of alkyl carbamates (subject to hydrolysis) is 1. The molecule has 10 rings (SSSR count). The number of fused-ring (bicyclic) bond motifs is 9. The van der Waals surface area contributed by atoms with Crippen LogP contribution < -0.4 is 24.8 Å². The second kappa shape index (κ2) is 17.1. The van der Waals surface area contributed by atoms with Crippen molar-refractivity contribution in [3.8, 4) is 23.0 Å². The number of piperazine rings is 1. The van der Waals surface area contributed by atoms with Gasteiger partial charge in [-0.3, -0.25) is 19.9 Å². The number of rotatable bonds is 6. The second-order valence-corrected chi connectivity index (χ2v) is 20.6. The van der Waals surface area contributed by atoms with Crippen LogP contribution in [0.5, 0.6) is 23.0 Å². The molecule has 19 heteroatoms. The van der Waals surface area contributed by atoms with E-state index < -0.39 is 101 Å². The zero-order chi connectivity index (χ0) is 47.3. The molecule has 5 saturated heterocycles. The van der Waals surface area contributed by atoms with E-state index in [1.165, 1.54) is 39.8 Å². The molecule has 66 heavy (non-hydrogen) atoms. The summed E-state index contributed by atoms with van der Waals surface area (Å²) in [5, 5.41) is 30.4. The number of phenolic OH excluding ortho intramolecular Hbond substituents is 1. The Balaban J connectivity index is 1.16. The monoisotopic (exact) mass is 936 g/mol. The van der Waals surface area contributed by atoms with Crippen LogP contribution >= 0.6 is 11.8 Å². The molecule has 4 bridgehead atoms. The Bertz CT molecular complexity index is 2370. The van der Waals surface area contributed by atoms with E-state index >= 15 is 4.79 Å². The fourth-order valence-corrected chi connectivity index (χ4v) is 13.7. The van der Waals surface area contributed by atoms with Gasteiger partial charge in [0, 0.05) is 53.5 Å². The molecule has 5 fully saturated rings. The predicted molar refractivity (Wildman–Crippen MR) is 237 cm³/mol. The first-order chi connectivity index (χ1) is 31.3. The number of carbonyl (C=O) groups excluding carboxylic acids is 4. The average Bonchev–Trinajstić information content (AvgIpc) is 3.74. The van der Waals surface area contributed by atoms with E-state index in [4.69, 9.17) is 37.9 Å². The minimum absolute atomic E-state index is 0.0137. The van der Waals surface area contributed by atoms with Gasteiger partial charge in [0.1, 0.15) is 42.4 Å². The molecule has 0 aromatic heterocycles. The molecule has 4 N–H and O–H groups in total. The molecule has 6 unspecified atom stereocenters. The number of esters is 3. The molecule has 7 heterocycles. The lowest BCUT2D eigenvalue weighted by molar-refractivity contribution is -0.224. The third-order valence-corrected chi connectivity index (χ3v) is 16.1. The Morgan fingerprint density at radius 1 is 1.05 bits per heavy atom. The highest BCUT2D eigenvalue weighted by Crippen LogP contribution is 2.60. The predicted octanol–water partition coefficient (Wildman–Crippen LogP) is 3.34. The zero-order valence-electron chi connectivity index (χ0n) is 38.9. The summed E-state index contributed by atoms with van der Waals surface area (Å²) in [5.74, 6) is -1.34. The Hall–Kier alpha value is -4.79. The van der Waals surface area contributed by atoms with Gasteiger partial charge in [-0.15, -0.1) is 0 Å². The van der Waals surface area contributed by atoms with Gasteiger partial charge in [-0.05, 0) is 95.8 Å². The summed E-state index contributed by atoms with van der Waals surface area (Å²) in [6.07, 6.45) is -2.27. The topological polar surface area (TPSA) is 213 Å². The number of aliphatic hydroxyl groups excluding tert-OH is 1. The van der Waals surface area contributed by atoms with Gasteiger partial charge >= 0.3 is 24.0 Å². The quantitative estimate of drug-likeness (QED) is 0.186. The second-order valence-electron chi connectivity index (χ2n) is 19.4. The number of nitrogens with zero attached hydrogens (tertiary/aromatic N) is 2. The number of hydrogen-bond donors (Lipinski definition) is 4. The summed E-state index contributed by atoms with van der Waals surface area (Å²) in [6.45, 7) is 12.0. The molecule has 1 spiro atoms.